The van der Waals surface area contributed by atoms with Crippen LogP contribution in [0.25, 0.3) is 0 Å². The maximum Gasteiger partial charge on any atom is 0.322 e. The zero-order valence-electron chi connectivity index (χ0n) is 16.3. The fourth-order valence-electron chi connectivity index (χ4n) is 2.78. The van der Waals surface area contributed by atoms with E-state index in [1.807, 2.05) is 6.92 Å². The monoisotopic (exact) mass is 423 g/mol. The standard InChI is InChI=1S/C23H21NO5S/c1-17-12-14-20(15-13-17)30(27,28)24-16-21(25)29-23(19-10-6-3-7-11-19)22(26)18-8-4-2-5-9-18/h2-15,23-24H,16H2,1H3/t23-/m1/s1. The number of carbonyl (C=O) groups is 2. The summed E-state index contributed by atoms with van der Waals surface area (Å²) in [5.74, 6) is -1.25. The number of rotatable bonds is 8. The SMILES string of the molecule is Cc1ccc(S(=O)(=O)NCC(=O)O[C@@H](C(=O)c2ccccc2)c2ccccc2)cc1. The van der Waals surface area contributed by atoms with Gasteiger partial charge in [0.15, 0.2) is 6.10 Å². The van der Waals surface area contributed by atoms with Crippen LogP contribution < -0.4 is 4.72 Å². The molecule has 30 heavy (non-hydrogen) atoms. The van der Waals surface area contributed by atoms with Crippen LogP contribution in [0.1, 0.15) is 27.6 Å². The normalized spacial score (nSPS) is 12.2. The third-order valence-electron chi connectivity index (χ3n) is 4.39. The fourth-order valence-corrected chi connectivity index (χ4v) is 3.75. The van der Waals surface area contributed by atoms with Gasteiger partial charge < -0.3 is 4.74 Å². The van der Waals surface area contributed by atoms with Crippen molar-refractivity contribution in [1.29, 1.82) is 0 Å². The van der Waals surface area contributed by atoms with Gasteiger partial charge in [-0.15, -0.1) is 0 Å². The van der Waals surface area contributed by atoms with Crippen molar-refractivity contribution in [2.24, 2.45) is 0 Å². The Hall–Kier alpha value is -3.29. The van der Waals surface area contributed by atoms with Crippen LogP contribution in [0, 0.1) is 6.92 Å². The number of benzene rings is 3. The van der Waals surface area contributed by atoms with Gasteiger partial charge >= 0.3 is 5.97 Å². The predicted molar refractivity (Wildman–Crippen MR) is 112 cm³/mol. The average molecular weight is 423 g/mol. The quantitative estimate of drug-likeness (QED) is 0.443. The largest absolute Gasteiger partial charge is 0.448 e. The van der Waals surface area contributed by atoms with Gasteiger partial charge in [0, 0.05) is 11.1 Å². The number of esters is 1. The van der Waals surface area contributed by atoms with E-state index in [0.29, 0.717) is 11.1 Å². The third kappa shape index (κ3) is 5.40. The van der Waals surface area contributed by atoms with Crippen LogP contribution in [0.2, 0.25) is 0 Å². The molecule has 0 aromatic heterocycles. The van der Waals surface area contributed by atoms with E-state index in [9.17, 15) is 18.0 Å². The summed E-state index contributed by atoms with van der Waals surface area (Å²) >= 11 is 0. The fraction of sp³-hybridized carbons (Fsp3) is 0.130. The summed E-state index contributed by atoms with van der Waals surface area (Å²) in [6, 6.07) is 23.3. The van der Waals surface area contributed by atoms with Crippen molar-refractivity contribution in [3.8, 4) is 0 Å². The Morgan fingerprint density at radius 2 is 1.43 bits per heavy atom. The first-order valence-electron chi connectivity index (χ1n) is 9.27. The van der Waals surface area contributed by atoms with Gasteiger partial charge in [-0.05, 0) is 19.1 Å². The van der Waals surface area contributed by atoms with E-state index in [1.54, 1.807) is 72.8 Å². The molecule has 0 aliphatic heterocycles. The highest BCUT2D eigenvalue weighted by molar-refractivity contribution is 7.89. The molecule has 6 nitrogen and oxygen atoms in total. The number of ketones is 1. The maximum atomic E-state index is 12.9. The Balaban J connectivity index is 1.73. The summed E-state index contributed by atoms with van der Waals surface area (Å²) in [6.45, 7) is 1.25. The van der Waals surface area contributed by atoms with E-state index in [4.69, 9.17) is 4.74 Å². The van der Waals surface area contributed by atoms with Gasteiger partial charge in [0.1, 0.15) is 6.54 Å². The molecular weight excluding hydrogens is 402 g/mol. The molecule has 0 amide bonds. The molecular formula is C23H21NO5S. The highest BCUT2D eigenvalue weighted by Crippen LogP contribution is 2.22. The number of aryl methyl sites for hydroxylation is 1. The lowest BCUT2D eigenvalue weighted by molar-refractivity contribution is -0.145. The number of carbonyl (C=O) groups excluding carboxylic acids is 2. The molecule has 0 heterocycles. The van der Waals surface area contributed by atoms with Crippen molar-refractivity contribution in [3.05, 3.63) is 102 Å². The zero-order valence-corrected chi connectivity index (χ0v) is 17.1. The Bertz CT molecular complexity index is 1110. The Morgan fingerprint density at radius 1 is 0.867 bits per heavy atom. The van der Waals surface area contributed by atoms with Crippen molar-refractivity contribution in [2.45, 2.75) is 17.9 Å². The van der Waals surface area contributed by atoms with Crippen LogP contribution in [0.15, 0.2) is 89.8 Å². The molecule has 0 unspecified atom stereocenters. The first kappa shape index (κ1) is 21.4. The second kappa shape index (κ2) is 9.47. The summed E-state index contributed by atoms with van der Waals surface area (Å²) in [4.78, 5) is 25.4. The number of ether oxygens (including phenoxy) is 1. The average Bonchev–Trinajstić information content (AvgIpc) is 2.77. The van der Waals surface area contributed by atoms with E-state index < -0.39 is 34.4 Å². The Morgan fingerprint density at radius 3 is 2.03 bits per heavy atom. The van der Waals surface area contributed by atoms with Gasteiger partial charge in [-0.25, -0.2) is 8.42 Å². The zero-order chi connectivity index (χ0) is 21.6. The number of Topliss-reactive ketones (excluding diaryl/α,β-unsaturated/α-hetero) is 1. The van der Waals surface area contributed by atoms with Crippen LogP contribution in [0.3, 0.4) is 0 Å². The molecule has 0 bridgehead atoms. The number of hydrogen-bond acceptors (Lipinski definition) is 5. The molecule has 7 heteroatoms. The highest BCUT2D eigenvalue weighted by atomic mass is 32.2. The van der Waals surface area contributed by atoms with Gasteiger partial charge in [-0.1, -0.05) is 78.4 Å². The molecule has 0 aliphatic carbocycles. The second-order valence-electron chi connectivity index (χ2n) is 6.65. The summed E-state index contributed by atoms with van der Waals surface area (Å²) in [5, 5.41) is 0. The molecule has 3 aromatic rings. The van der Waals surface area contributed by atoms with E-state index >= 15 is 0 Å². The third-order valence-corrected chi connectivity index (χ3v) is 5.80. The lowest BCUT2D eigenvalue weighted by Crippen LogP contribution is -2.32. The molecule has 0 aliphatic rings. The summed E-state index contributed by atoms with van der Waals surface area (Å²) in [6.07, 6.45) is -1.18. The molecule has 3 aromatic carbocycles. The molecule has 0 radical (unpaired) electrons. The molecule has 0 saturated carbocycles. The first-order valence-corrected chi connectivity index (χ1v) is 10.8. The summed E-state index contributed by atoms with van der Waals surface area (Å²) < 4.78 is 32.4. The van der Waals surface area contributed by atoms with Crippen molar-refractivity contribution in [2.75, 3.05) is 6.54 Å². The van der Waals surface area contributed by atoms with Gasteiger partial charge in [-0.3, -0.25) is 9.59 Å². The predicted octanol–water partition coefficient (Wildman–Crippen LogP) is 3.44. The Labute approximate surface area is 175 Å². The first-order chi connectivity index (χ1) is 14.4. The van der Waals surface area contributed by atoms with Crippen molar-refractivity contribution < 1.29 is 22.7 Å². The number of sulfonamides is 1. The highest BCUT2D eigenvalue weighted by Gasteiger charge is 2.26. The lowest BCUT2D eigenvalue weighted by atomic mass is 10.00. The topological polar surface area (TPSA) is 89.5 Å². The molecule has 1 atom stereocenters. The summed E-state index contributed by atoms with van der Waals surface area (Å²) in [5.41, 5.74) is 1.80. The van der Waals surface area contributed by atoms with Gasteiger partial charge in [-0.2, -0.15) is 4.72 Å². The molecule has 154 valence electrons. The van der Waals surface area contributed by atoms with Crippen molar-refractivity contribution in [1.82, 2.24) is 4.72 Å². The van der Waals surface area contributed by atoms with Crippen LogP contribution in [0.5, 0.6) is 0 Å². The maximum absolute atomic E-state index is 12.9. The van der Waals surface area contributed by atoms with Crippen LogP contribution in [0.4, 0.5) is 0 Å². The molecule has 0 spiro atoms. The minimum atomic E-state index is -3.88. The minimum Gasteiger partial charge on any atom is -0.448 e. The van der Waals surface area contributed by atoms with E-state index in [0.717, 1.165) is 5.56 Å². The van der Waals surface area contributed by atoms with Crippen LogP contribution in [-0.4, -0.2) is 26.7 Å². The van der Waals surface area contributed by atoms with E-state index in [-0.39, 0.29) is 4.90 Å². The second-order valence-corrected chi connectivity index (χ2v) is 8.42. The van der Waals surface area contributed by atoms with Crippen LogP contribution in [-0.2, 0) is 19.6 Å². The van der Waals surface area contributed by atoms with Gasteiger partial charge in [0.25, 0.3) is 0 Å². The molecule has 0 fully saturated rings. The van der Waals surface area contributed by atoms with E-state index in [2.05, 4.69) is 4.72 Å². The number of hydrogen-bond donors (Lipinski definition) is 1. The lowest BCUT2D eigenvalue weighted by Gasteiger charge is -2.18. The molecule has 3 rings (SSSR count). The number of nitrogens with one attached hydrogen (secondary N) is 1. The molecule has 0 saturated heterocycles. The Kier molecular flexibility index (Phi) is 6.76. The minimum absolute atomic E-state index is 0.0425. The summed E-state index contributed by atoms with van der Waals surface area (Å²) in [7, 11) is -3.88. The van der Waals surface area contributed by atoms with Crippen LogP contribution >= 0.6 is 0 Å². The van der Waals surface area contributed by atoms with Crippen molar-refractivity contribution in [3.63, 3.8) is 0 Å². The molecule has 1 N–H and O–H groups in total. The van der Waals surface area contributed by atoms with Gasteiger partial charge in [0.05, 0.1) is 4.90 Å². The van der Waals surface area contributed by atoms with Crippen molar-refractivity contribution >= 4 is 21.8 Å². The smallest absolute Gasteiger partial charge is 0.322 e. The van der Waals surface area contributed by atoms with Gasteiger partial charge in [0.2, 0.25) is 15.8 Å². The van der Waals surface area contributed by atoms with E-state index in [1.165, 1.54) is 12.1 Å².